The highest BCUT2D eigenvalue weighted by Gasteiger charge is 2.49. The third-order valence-corrected chi connectivity index (χ3v) is 6.21. The number of nitrogens with two attached hydrogens (primary N) is 1. The number of rotatable bonds is 6. The van der Waals surface area contributed by atoms with Crippen LogP contribution in [0.15, 0.2) is 83.9 Å². The smallest absolute Gasteiger partial charge is 0.261 e. The van der Waals surface area contributed by atoms with Crippen molar-refractivity contribution in [1.29, 1.82) is 0 Å². The summed E-state index contributed by atoms with van der Waals surface area (Å²) in [6.45, 7) is 0. The van der Waals surface area contributed by atoms with E-state index in [1.165, 1.54) is 16.0 Å². The van der Waals surface area contributed by atoms with Crippen LogP contribution in [0.2, 0.25) is 0 Å². The zero-order chi connectivity index (χ0) is 21.2. The molecule has 2 N–H and O–H groups in total. The summed E-state index contributed by atoms with van der Waals surface area (Å²) in [6.07, 6.45) is 8.14. The molecule has 1 heterocycles. The average molecular weight is 402 g/mol. The van der Waals surface area contributed by atoms with Crippen LogP contribution < -0.4 is 5.73 Å². The molecule has 2 aliphatic rings. The molecule has 30 heavy (non-hydrogen) atoms. The van der Waals surface area contributed by atoms with Gasteiger partial charge in [0.1, 0.15) is 0 Å². The van der Waals surface area contributed by atoms with Crippen LogP contribution in [0, 0.1) is 0 Å². The second kappa shape index (κ2) is 7.92. The minimum atomic E-state index is -1.02. The first kappa shape index (κ1) is 20.1. The third-order valence-electron chi connectivity index (χ3n) is 6.21. The number of hydrogen-bond acceptors (Lipinski definition) is 4. The summed E-state index contributed by atoms with van der Waals surface area (Å²) in [5.74, 6) is 0.149. The first-order valence-corrected chi connectivity index (χ1v) is 10.2. The highest BCUT2D eigenvalue weighted by Crippen LogP contribution is 2.42. The quantitative estimate of drug-likeness (QED) is 0.799. The number of guanidine groups is 1. The molecule has 0 fully saturated rings. The highest BCUT2D eigenvalue weighted by atomic mass is 16.5. The Morgan fingerprint density at radius 2 is 1.73 bits per heavy atom. The van der Waals surface area contributed by atoms with Crippen molar-refractivity contribution in [2.45, 2.75) is 30.4 Å². The molecule has 1 amide bonds. The lowest BCUT2D eigenvalue weighted by molar-refractivity contribution is -0.131. The number of carbonyl (C=O) groups excluding carboxylic acids is 1. The predicted octanol–water partition coefficient (Wildman–Crippen LogP) is 3.88. The lowest BCUT2D eigenvalue weighted by atomic mass is 9.77. The summed E-state index contributed by atoms with van der Waals surface area (Å²) in [5, 5.41) is 0. The number of amides is 1. The van der Waals surface area contributed by atoms with Crippen molar-refractivity contribution in [3.05, 3.63) is 90.0 Å². The molecule has 5 heteroatoms. The van der Waals surface area contributed by atoms with Crippen molar-refractivity contribution in [3.8, 4) is 0 Å². The van der Waals surface area contributed by atoms with Gasteiger partial charge in [0.15, 0.2) is 11.5 Å². The van der Waals surface area contributed by atoms with Gasteiger partial charge in [-0.25, -0.2) is 4.99 Å². The fourth-order valence-electron chi connectivity index (χ4n) is 4.35. The maximum atomic E-state index is 13.3. The maximum absolute atomic E-state index is 13.3. The molecule has 0 aromatic heterocycles. The Kier molecular flexibility index (Phi) is 5.31. The van der Waals surface area contributed by atoms with Gasteiger partial charge in [0.05, 0.1) is 5.60 Å². The van der Waals surface area contributed by atoms with Crippen molar-refractivity contribution in [2.75, 3.05) is 14.2 Å². The van der Waals surface area contributed by atoms with Gasteiger partial charge < -0.3 is 10.5 Å². The van der Waals surface area contributed by atoms with Gasteiger partial charge in [0.2, 0.25) is 0 Å². The molecular formula is C25H27N3O2. The molecule has 5 nitrogen and oxygen atoms in total. The second-order valence-electron chi connectivity index (χ2n) is 7.92. The molecule has 0 saturated carbocycles. The average Bonchev–Trinajstić information content (AvgIpc) is 3.03. The van der Waals surface area contributed by atoms with E-state index in [0.717, 1.165) is 12.0 Å². The Morgan fingerprint density at radius 1 is 1.07 bits per heavy atom. The summed E-state index contributed by atoms with van der Waals surface area (Å²) < 4.78 is 6.03. The van der Waals surface area contributed by atoms with Crippen LogP contribution in [-0.4, -0.2) is 36.5 Å². The zero-order valence-electron chi connectivity index (χ0n) is 17.4. The molecule has 2 atom stereocenters. The molecular weight excluding hydrogens is 374 g/mol. The number of likely N-dealkylation sites (N-methyl/N-ethyl adjacent to an activating group) is 1. The first-order valence-electron chi connectivity index (χ1n) is 10.2. The number of methoxy groups -OCH3 is 1. The van der Waals surface area contributed by atoms with Crippen LogP contribution in [0.4, 0.5) is 0 Å². The molecule has 1 aliphatic heterocycles. The van der Waals surface area contributed by atoms with Gasteiger partial charge in [0.25, 0.3) is 5.91 Å². The number of allylic oxidation sites excluding steroid dienone is 2. The van der Waals surface area contributed by atoms with Gasteiger partial charge in [-0.3, -0.25) is 9.69 Å². The predicted molar refractivity (Wildman–Crippen MR) is 120 cm³/mol. The zero-order valence-corrected chi connectivity index (χ0v) is 17.4. The molecule has 4 rings (SSSR count). The lowest BCUT2D eigenvalue weighted by Gasteiger charge is -2.35. The number of aliphatic imine (C=N–C) groups is 1. The number of benzene rings is 2. The highest BCUT2D eigenvalue weighted by molar-refractivity contribution is 6.06. The summed E-state index contributed by atoms with van der Waals surface area (Å²) in [4.78, 5) is 19.3. The van der Waals surface area contributed by atoms with Crippen LogP contribution in [0.5, 0.6) is 0 Å². The van der Waals surface area contributed by atoms with Gasteiger partial charge >= 0.3 is 0 Å². The van der Waals surface area contributed by atoms with Crippen molar-refractivity contribution in [2.24, 2.45) is 10.7 Å². The van der Waals surface area contributed by atoms with Gasteiger partial charge in [0, 0.05) is 20.6 Å². The molecule has 0 spiro atoms. The van der Waals surface area contributed by atoms with Crippen molar-refractivity contribution in [1.82, 2.24) is 4.90 Å². The summed E-state index contributed by atoms with van der Waals surface area (Å²) in [6, 6.07) is 20.0. The molecule has 0 radical (unpaired) electrons. The van der Waals surface area contributed by atoms with E-state index in [4.69, 9.17) is 10.5 Å². The van der Waals surface area contributed by atoms with E-state index in [1.54, 1.807) is 14.2 Å². The lowest BCUT2D eigenvalue weighted by Crippen LogP contribution is -2.42. The molecule has 2 unspecified atom stereocenters. The Labute approximate surface area is 177 Å². The second-order valence-corrected chi connectivity index (χ2v) is 7.92. The summed E-state index contributed by atoms with van der Waals surface area (Å²) >= 11 is 0. The van der Waals surface area contributed by atoms with Crippen molar-refractivity contribution in [3.63, 3.8) is 0 Å². The molecule has 0 bridgehead atoms. The number of ether oxygens (including phenoxy) is 1. The van der Waals surface area contributed by atoms with Gasteiger partial charge in [-0.05, 0) is 29.5 Å². The largest absolute Gasteiger partial charge is 0.374 e. The van der Waals surface area contributed by atoms with Crippen LogP contribution in [-0.2, 0) is 15.1 Å². The molecule has 154 valence electrons. The van der Waals surface area contributed by atoms with Crippen LogP contribution in [0.3, 0.4) is 0 Å². The fourth-order valence-corrected chi connectivity index (χ4v) is 4.35. The minimum absolute atomic E-state index is 0.101. The third kappa shape index (κ3) is 3.46. The van der Waals surface area contributed by atoms with E-state index in [-0.39, 0.29) is 11.9 Å². The summed E-state index contributed by atoms with van der Waals surface area (Å²) in [7, 11) is 3.41. The first-order chi connectivity index (χ1) is 14.5. The molecule has 1 aliphatic carbocycles. The van der Waals surface area contributed by atoms with Crippen LogP contribution >= 0.6 is 0 Å². The Bertz CT molecular complexity index is 1010. The van der Waals surface area contributed by atoms with E-state index >= 15 is 0 Å². The van der Waals surface area contributed by atoms with E-state index in [9.17, 15) is 4.79 Å². The van der Waals surface area contributed by atoms with Gasteiger partial charge in [-0.15, -0.1) is 0 Å². The van der Waals surface area contributed by atoms with E-state index < -0.39 is 11.1 Å². The van der Waals surface area contributed by atoms with Gasteiger partial charge in [-0.2, -0.15) is 0 Å². The molecule has 0 saturated heterocycles. The van der Waals surface area contributed by atoms with E-state index in [2.05, 4.69) is 29.3 Å². The number of carbonyl (C=O) groups is 1. The maximum Gasteiger partial charge on any atom is 0.261 e. The van der Waals surface area contributed by atoms with Gasteiger partial charge in [-0.1, -0.05) is 78.9 Å². The minimum Gasteiger partial charge on any atom is -0.374 e. The monoisotopic (exact) mass is 401 g/mol. The SMILES string of the molecule is COC1(CCC2(c3ccccc3)N=C(N)N(C)C2=O)C=CC=C(c2ccccc2)C1. The number of hydrogen-bond donors (Lipinski definition) is 1. The Hall–Kier alpha value is -3.18. The topological polar surface area (TPSA) is 67.9 Å². The van der Waals surface area contributed by atoms with Crippen LogP contribution in [0.25, 0.3) is 5.57 Å². The van der Waals surface area contributed by atoms with Crippen molar-refractivity contribution < 1.29 is 9.53 Å². The fraction of sp³-hybridized carbons (Fsp3) is 0.280. The normalized spacial score (nSPS) is 25.9. The van der Waals surface area contributed by atoms with Crippen molar-refractivity contribution >= 4 is 17.4 Å². The Morgan fingerprint density at radius 3 is 2.33 bits per heavy atom. The molecule has 2 aromatic rings. The molecule has 2 aromatic carbocycles. The van der Waals surface area contributed by atoms with Crippen LogP contribution in [0.1, 0.15) is 30.4 Å². The number of nitrogens with zero attached hydrogens (tertiary/aromatic N) is 2. The Balaban J connectivity index is 1.63. The standard InChI is InChI=1S/C25H27N3O2/c1-28-22(29)25(27-23(28)26,21-13-7-4-8-14-21)17-16-24(30-2)15-9-12-20(18-24)19-10-5-3-6-11-19/h3-15H,16-18H2,1-2H3,(H2,26,27). The summed E-state index contributed by atoms with van der Waals surface area (Å²) in [5.41, 5.74) is 7.78. The van der Waals surface area contributed by atoms with E-state index in [1.807, 2.05) is 54.6 Å². The van der Waals surface area contributed by atoms with E-state index in [0.29, 0.717) is 12.8 Å².